The molecule has 0 aliphatic rings. The van der Waals surface area contributed by atoms with Crippen LogP contribution in [0.1, 0.15) is 27.2 Å². The summed E-state index contributed by atoms with van der Waals surface area (Å²) in [6, 6.07) is -0.568. The Morgan fingerprint density at radius 3 is 2.06 bits per heavy atom. The molecule has 0 aromatic rings. The van der Waals surface area contributed by atoms with Gasteiger partial charge in [0.2, 0.25) is 0 Å². The van der Waals surface area contributed by atoms with E-state index in [1.165, 1.54) is 13.8 Å². The van der Waals surface area contributed by atoms with Crippen molar-refractivity contribution >= 4 is 11.9 Å². The van der Waals surface area contributed by atoms with E-state index in [-0.39, 0.29) is 6.54 Å². The average Bonchev–Trinajstić information content (AvgIpc) is 2.14. The van der Waals surface area contributed by atoms with Crippen molar-refractivity contribution in [3.05, 3.63) is 0 Å². The van der Waals surface area contributed by atoms with E-state index >= 15 is 0 Å². The Balaban J connectivity index is 5.04. The SMILES string of the molecule is CC(C)N(CCC(=O)O)C(=O)C(C)(N)C(F)(F)F. The molecule has 106 valence electrons. The summed E-state index contributed by atoms with van der Waals surface area (Å²) in [5.41, 5.74) is 2.00. The highest BCUT2D eigenvalue weighted by molar-refractivity contribution is 5.87. The van der Waals surface area contributed by atoms with Crippen LogP contribution in [0.4, 0.5) is 13.2 Å². The molecule has 0 heterocycles. The number of nitrogens with two attached hydrogens (primary N) is 1. The molecule has 3 N–H and O–H groups in total. The third-order valence-electron chi connectivity index (χ3n) is 2.48. The van der Waals surface area contributed by atoms with Gasteiger partial charge in [-0.3, -0.25) is 9.59 Å². The van der Waals surface area contributed by atoms with Gasteiger partial charge in [-0.25, -0.2) is 0 Å². The Kier molecular flexibility index (Phi) is 5.15. The van der Waals surface area contributed by atoms with Crippen LogP contribution >= 0.6 is 0 Å². The summed E-state index contributed by atoms with van der Waals surface area (Å²) >= 11 is 0. The Morgan fingerprint density at radius 1 is 1.33 bits per heavy atom. The van der Waals surface area contributed by atoms with Crippen LogP contribution < -0.4 is 5.73 Å². The summed E-state index contributed by atoms with van der Waals surface area (Å²) in [4.78, 5) is 23.0. The summed E-state index contributed by atoms with van der Waals surface area (Å²) in [5.74, 6) is -2.52. The van der Waals surface area contributed by atoms with Crippen LogP contribution in [-0.4, -0.2) is 46.2 Å². The maximum absolute atomic E-state index is 12.6. The lowest BCUT2D eigenvalue weighted by atomic mass is 10.00. The lowest BCUT2D eigenvalue weighted by Crippen LogP contribution is -2.63. The average molecular weight is 270 g/mol. The number of rotatable bonds is 5. The zero-order valence-corrected chi connectivity index (χ0v) is 10.4. The number of nitrogens with zero attached hydrogens (tertiary/aromatic N) is 1. The Bertz CT molecular complexity index is 327. The van der Waals surface area contributed by atoms with E-state index in [9.17, 15) is 22.8 Å². The van der Waals surface area contributed by atoms with E-state index in [2.05, 4.69) is 0 Å². The Labute approximate surface area is 103 Å². The highest BCUT2D eigenvalue weighted by Gasteiger charge is 2.55. The normalized spacial score (nSPS) is 15.3. The molecule has 0 radical (unpaired) electrons. The first-order chi connectivity index (χ1) is 7.91. The summed E-state index contributed by atoms with van der Waals surface area (Å²) in [5, 5.41) is 8.50. The predicted molar refractivity (Wildman–Crippen MR) is 57.7 cm³/mol. The fourth-order valence-corrected chi connectivity index (χ4v) is 1.23. The largest absolute Gasteiger partial charge is 0.481 e. The smallest absolute Gasteiger partial charge is 0.415 e. The number of carbonyl (C=O) groups excluding carboxylic acids is 1. The van der Waals surface area contributed by atoms with Gasteiger partial charge in [0.1, 0.15) is 0 Å². The zero-order valence-electron chi connectivity index (χ0n) is 10.4. The molecule has 0 saturated heterocycles. The molecule has 0 aliphatic carbocycles. The number of halogens is 3. The Hall–Kier alpha value is -1.31. The van der Waals surface area contributed by atoms with Crippen molar-refractivity contribution in [1.82, 2.24) is 4.90 Å². The molecule has 0 spiro atoms. The molecule has 0 rings (SSSR count). The standard InChI is InChI=1S/C10H17F3N2O3/c1-6(2)15(5-4-7(16)17)8(18)9(3,14)10(11,12)13/h6H,4-5,14H2,1-3H3,(H,16,17). The topological polar surface area (TPSA) is 83.6 Å². The number of hydrogen-bond acceptors (Lipinski definition) is 3. The summed E-state index contributed by atoms with van der Waals surface area (Å²) in [6.07, 6.45) is -5.32. The highest BCUT2D eigenvalue weighted by Crippen LogP contribution is 2.30. The van der Waals surface area contributed by atoms with E-state index < -0.39 is 36.1 Å². The van der Waals surface area contributed by atoms with Gasteiger partial charge in [0, 0.05) is 12.6 Å². The van der Waals surface area contributed by atoms with Crippen LogP contribution in [0.3, 0.4) is 0 Å². The quantitative estimate of drug-likeness (QED) is 0.780. The molecule has 1 amide bonds. The second-order valence-corrected chi connectivity index (χ2v) is 4.44. The number of carboxylic acid groups (broad SMARTS) is 1. The lowest BCUT2D eigenvalue weighted by Gasteiger charge is -2.35. The zero-order chi connectivity index (χ0) is 14.7. The van der Waals surface area contributed by atoms with Gasteiger partial charge in [-0.2, -0.15) is 13.2 Å². The third kappa shape index (κ3) is 3.86. The predicted octanol–water partition coefficient (Wildman–Crippen LogP) is 0.978. The highest BCUT2D eigenvalue weighted by atomic mass is 19.4. The minimum Gasteiger partial charge on any atom is -0.481 e. The van der Waals surface area contributed by atoms with Crippen LogP contribution in [0.5, 0.6) is 0 Å². The van der Waals surface area contributed by atoms with Gasteiger partial charge in [0.05, 0.1) is 6.42 Å². The fourth-order valence-electron chi connectivity index (χ4n) is 1.23. The summed E-state index contributed by atoms with van der Waals surface area (Å²) in [7, 11) is 0. The first kappa shape index (κ1) is 16.7. The molecule has 8 heteroatoms. The number of carboxylic acids is 1. The van der Waals surface area contributed by atoms with Crippen LogP contribution in [0.15, 0.2) is 0 Å². The minimum atomic E-state index is -4.89. The van der Waals surface area contributed by atoms with Gasteiger partial charge in [-0.15, -0.1) is 0 Å². The maximum atomic E-state index is 12.6. The molecule has 0 aromatic carbocycles. The first-order valence-corrected chi connectivity index (χ1v) is 5.29. The molecule has 0 aromatic heterocycles. The first-order valence-electron chi connectivity index (χ1n) is 5.29. The van der Waals surface area contributed by atoms with Crippen molar-refractivity contribution in [1.29, 1.82) is 0 Å². The number of hydrogen-bond donors (Lipinski definition) is 2. The fraction of sp³-hybridized carbons (Fsp3) is 0.800. The molecular formula is C10H17F3N2O3. The monoisotopic (exact) mass is 270 g/mol. The molecule has 0 aliphatic heterocycles. The van der Waals surface area contributed by atoms with Gasteiger partial charge in [0.25, 0.3) is 5.91 Å². The number of amides is 1. The van der Waals surface area contributed by atoms with Gasteiger partial charge in [0.15, 0.2) is 5.54 Å². The van der Waals surface area contributed by atoms with Crippen molar-refractivity contribution in [3.63, 3.8) is 0 Å². The number of alkyl halides is 3. The van der Waals surface area contributed by atoms with Gasteiger partial charge >= 0.3 is 12.1 Å². The van der Waals surface area contributed by atoms with Crippen molar-refractivity contribution < 1.29 is 27.9 Å². The number of aliphatic carboxylic acids is 1. The van der Waals surface area contributed by atoms with E-state index in [1.807, 2.05) is 0 Å². The van der Waals surface area contributed by atoms with Crippen LogP contribution in [-0.2, 0) is 9.59 Å². The van der Waals surface area contributed by atoms with E-state index in [1.54, 1.807) is 0 Å². The maximum Gasteiger partial charge on any atom is 0.415 e. The van der Waals surface area contributed by atoms with E-state index in [0.717, 1.165) is 4.90 Å². The molecule has 1 unspecified atom stereocenters. The number of carbonyl (C=O) groups is 2. The summed E-state index contributed by atoms with van der Waals surface area (Å²) in [6.45, 7) is 3.25. The molecule has 18 heavy (non-hydrogen) atoms. The van der Waals surface area contributed by atoms with E-state index in [0.29, 0.717) is 6.92 Å². The minimum absolute atomic E-state index is 0.311. The van der Waals surface area contributed by atoms with Crippen LogP contribution in [0, 0.1) is 0 Å². The lowest BCUT2D eigenvalue weighted by molar-refractivity contribution is -0.194. The van der Waals surface area contributed by atoms with E-state index in [4.69, 9.17) is 10.8 Å². The summed E-state index contributed by atoms with van der Waals surface area (Å²) < 4.78 is 37.9. The third-order valence-corrected chi connectivity index (χ3v) is 2.48. The molecule has 0 saturated carbocycles. The molecule has 0 bridgehead atoms. The van der Waals surface area contributed by atoms with Crippen LogP contribution in [0.2, 0.25) is 0 Å². The van der Waals surface area contributed by atoms with Crippen molar-refractivity contribution in [2.75, 3.05) is 6.54 Å². The molecule has 5 nitrogen and oxygen atoms in total. The Morgan fingerprint density at radius 2 is 1.78 bits per heavy atom. The van der Waals surface area contributed by atoms with Crippen molar-refractivity contribution in [3.8, 4) is 0 Å². The van der Waals surface area contributed by atoms with Crippen molar-refractivity contribution in [2.45, 2.75) is 44.9 Å². The van der Waals surface area contributed by atoms with Gasteiger partial charge in [-0.05, 0) is 20.8 Å². The second kappa shape index (κ2) is 5.55. The molecule has 0 fully saturated rings. The van der Waals surface area contributed by atoms with Gasteiger partial charge < -0.3 is 15.7 Å². The van der Waals surface area contributed by atoms with Gasteiger partial charge in [-0.1, -0.05) is 0 Å². The van der Waals surface area contributed by atoms with Crippen molar-refractivity contribution in [2.24, 2.45) is 5.73 Å². The molecular weight excluding hydrogens is 253 g/mol. The molecule has 1 atom stereocenters. The van der Waals surface area contributed by atoms with Crippen LogP contribution in [0.25, 0.3) is 0 Å². The second-order valence-electron chi connectivity index (χ2n) is 4.44.